The molecule has 0 bridgehead atoms. The first-order valence-electron chi connectivity index (χ1n) is 8.90. The molecule has 1 unspecified atom stereocenters. The number of hydrogen-bond acceptors (Lipinski definition) is 8. The van der Waals surface area contributed by atoms with Crippen LogP contribution in [0.4, 0.5) is 0 Å². The van der Waals surface area contributed by atoms with Crippen LogP contribution in [0.15, 0.2) is 48.8 Å². The van der Waals surface area contributed by atoms with Gasteiger partial charge in [0, 0.05) is 24.5 Å². The first-order chi connectivity index (χ1) is 13.8. The first-order valence-corrected chi connectivity index (χ1v) is 8.90. The molecule has 1 aliphatic heterocycles. The molecule has 4 rings (SSSR count). The quantitative estimate of drug-likeness (QED) is 0.605. The van der Waals surface area contributed by atoms with Crippen LogP contribution in [0.3, 0.4) is 0 Å². The highest BCUT2D eigenvalue weighted by atomic mass is 16.5. The van der Waals surface area contributed by atoms with Crippen molar-refractivity contribution in [2.24, 2.45) is 0 Å². The Morgan fingerprint density at radius 1 is 1.18 bits per heavy atom. The number of morpholine rings is 1. The van der Waals surface area contributed by atoms with E-state index in [1.54, 1.807) is 23.4 Å². The van der Waals surface area contributed by atoms with Crippen molar-refractivity contribution in [3.63, 3.8) is 0 Å². The molecule has 1 aliphatic rings. The lowest BCUT2D eigenvalue weighted by Gasteiger charge is -2.32. The Balaban J connectivity index is 1.31. The average Bonchev–Trinajstić information content (AvgIpc) is 3.22. The number of ether oxygens (including phenoxy) is 2. The van der Waals surface area contributed by atoms with Gasteiger partial charge in [0.05, 0.1) is 13.2 Å². The monoisotopic (exact) mass is 381 g/mol. The van der Waals surface area contributed by atoms with E-state index in [4.69, 9.17) is 9.47 Å². The molecular weight excluding hydrogens is 362 g/mol. The van der Waals surface area contributed by atoms with E-state index in [9.17, 15) is 4.79 Å². The van der Waals surface area contributed by atoms with Crippen molar-refractivity contribution in [3.05, 3.63) is 48.8 Å². The molecule has 2 aromatic heterocycles. The van der Waals surface area contributed by atoms with Gasteiger partial charge in [0.2, 0.25) is 11.7 Å². The average molecular weight is 381 g/mol. The van der Waals surface area contributed by atoms with Gasteiger partial charge in [-0.2, -0.15) is 4.80 Å². The lowest BCUT2D eigenvalue weighted by atomic mass is 10.2. The van der Waals surface area contributed by atoms with Crippen molar-refractivity contribution >= 4 is 5.91 Å². The Morgan fingerprint density at radius 2 is 2.00 bits per heavy atom. The molecule has 144 valence electrons. The molecular formula is C18H19N7O3. The fourth-order valence-corrected chi connectivity index (χ4v) is 2.81. The number of aromatic nitrogens is 6. The summed E-state index contributed by atoms with van der Waals surface area (Å²) in [7, 11) is 0. The zero-order chi connectivity index (χ0) is 19.2. The van der Waals surface area contributed by atoms with Gasteiger partial charge in [0.25, 0.3) is 0 Å². The lowest BCUT2D eigenvalue weighted by Crippen LogP contribution is -2.48. The van der Waals surface area contributed by atoms with Gasteiger partial charge in [0.1, 0.15) is 19.3 Å². The molecule has 1 saturated heterocycles. The van der Waals surface area contributed by atoms with Gasteiger partial charge in [-0.1, -0.05) is 30.3 Å². The third-order valence-electron chi connectivity index (χ3n) is 4.19. The van der Waals surface area contributed by atoms with E-state index in [0.29, 0.717) is 25.5 Å². The molecule has 10 heteroatoms. The van der Waals surface area contributed by atoms with Crippen molar-refractivity contribution < 1.29 is 14.3 Å². The van der Waals surface area contributed by atoms with E-state index in [-0.39, 0.29) is 31.2 Å². The minimum absolute atomic E-state index is 0.0230. The normalized spacial score (nSPS) is 16.7. The van der Waals surface area contributed by atoms with Gasteiger partial charge in [0.15, 0.2) is 0 Å². The van der Waals surface area contributed by atoms with Gasteiger partial charge < -0.3 is 14.4 Å². The molecule has 0 aliphatic carbocycles. The lowest BCUT2D eigenvalue weighted by molar-refractivity contribution is -0.141. The van der Waals surface area contributed by atoms with Crippen LogP contribution in [0, 0.1) is 0 Å². The summed E-state index contributed by atoms with van der Waals surface area (Å²) in [5.41, 5.74) is 0.855. The Bertz CT molecular complexity index is 904. The maximum atomic E-state index is 12.6. The summed E-state index contributed by atoms with van der Waals surface area (Å²) in [6, 6.07) is 11.5. The number of tetrazole rings is 1. The number of nitrogens with zero attached hydrogens (tertiary/aromatic N) is 7. The predicted octanol–water partition coefficient (Wildman–Crippen LogP) is 0.436. The molecule has 0 N–H and O–H groups in total. The fourth-order valence-electron chi connectivity index (χ4n) is 2.81. The number of amides is 1. The molecule has 1 aromatic carbocycles. The van der Waals surface area contributed by atoms with Crippen LogP contribution in [0.25, 0.3) is 11.4 Å². The van der Waals surface area contributed by atoms with Crippen molar-refractivity contribution in [2.75, 3.05) is 26.3 Å². The van der Waals surface area contributed by atoms with E-state index in [1.807, 2.05) is 30.3 Å². The van der Waals surface area contributed by atoms with Crippen LogP contribution in [0.5, 0.6) is 6.01 Å². The van der Waals surface area contributed by atoms with Gasteiger partial charge in [-0.05, 0) is 11.3 Å². The molecule has 3 heterocycles. The summed E-state index contributed by atoms with van der Waals surface area (Å²) in [5, 5.41) is 12.3. The zero-order valence-corrected chi connectivity index (χ0v) is 15.1. The largest absolute Gasteiger partial charge is 0.461 e. The molecule has 28 heavy (non-hydrogen) atoms. The Morgan fingerprint density at radius 3 is 2.82 bits per heavy atom. The topological polar surface area (TPSA) is 108 Å². The first kappa shape index (κ1) is 18.0. The van der Waals surface area contributed by atoms with E-state index >= 15 is 0 Å². The highest BCUT2D eigenvalue weighted by Gasteiger charge is 2.25. The van der Waals surface area contributed by atoms with Crippen LogP contribution >= 0.6 is 0 Å². The summed E-state index contributed by atoms with van der Waals surface area (Å²) >= 11 is 0. The van der Waals surface area contributed by atoms with Gasteiger partial charge in [-0.3, -0.25) is 4.79 Å². The van der Waals surface area contributed by atoms with Crippen LogP contribution in [0.1, 0.15) is 0 Å². The van der Waals surface area contributed by atoms with Crippen molar-refractivity contribution in [3.8, 4) is 17.4 Å². The van der Waals surface area contributed by atoms with Crippen LogP contribution in [-0.2, 0) is 16.1 Å². The summed E-state index contributed by atoms with van der Waals surface area (Å²) in [6.07, 6.45) is 2.97. The van der Waals surface area contributed by atoms with Crippen molar-refractivity contribution in [1.29, 1.82) is 0 Å². The fraction of sp³-hybridized carbons (Fsp3) is 0.333. The molecule has 3 aromatic rings. The van der Waals surface area contributed by atoms with Gasteiger partial charge in [-0.15, -0.1) is 10.2 Å². The zero-order valence-electron chi connectivity index (χ0n) is 15.1. The summed E-state index contributed by atoms with van der Waals surface area (Å²) in [6.45, 7) is 1.67. The van der Waals surface area contributed by atoms with E-state index in [1.165, 1.54) is 4.80 Å². The Labute approximate surface area is 161 Å². The third-order valence-corrected chi connectivity index (χ3v) is 4.19. The highest BCUT2D eigenvalue weighted by Crippen LogP contribution is 2.12. The number of rotatable bonds is 6. The Hall–Kier alpha value is -3.40. The number of benzene rings is 1. The molecule has 1 fully saturated rings. The SMILES string of the molecule is O=C(Cn1nnc(-c2ccccc2)n1)N1CCOC(COc2ncccn2)C1. The minimum Gasteiger partial charge on any atom is -0.461 e. The predicted molar refractivity (Wildman–Crippen MR) is 97.1 cm³/mol. The number of carbonyl (C=O) groups excluding carboxylic acids is 1. The van der Waals surface area contributed by atoms with Crippen LogP contribution in [0.2, 0.25) is 0 Å². The van der Waals surface area contributed by atoms with E-state index < -0.39 is 0 Å². The number of hydrogen-bond donors (Lipinski definition) is 0. The van der Waals surface area contributed by atoms with Crippen LogP contribution in [-0.4, -0.2) is 73.4 Å². The second-order valence-electron chi connectivity index (χ2n) is 6.18. The highest BCUT2D eigenvalue weighted by molar-refractivity contribution is 5.76. The maximum Gasteiger partial charge on any atom is 0.316 e. The standard InChI is InChI=1S/C18H19N7O3/c26-16(12-25-22-17(21-23-25)14-5-2-1-3-6-14)24-9-10-27-15(11-24)13-28-18-19-7-4-8-20-18/h1-8,15H,9-13H2. The molecule has 1 atom stereocenters. The summed E-state index contributed by atoms with van der Waals surface area (Å²) in [5.74, 6) is 0.394. The van der Waals surface area contributed by atoms with E-state index in [2.05, 4.69) is 25.4 Å². The van der Waals surface area contributed by atoms with Crippen molar-refractivity contribution in [1.82, 2.24) is 35.1 Å². The molecule has 0 spiro atoms. The number of carbonyl (C=O) groups is 1. The van der Waals surface area contributed by atoms with E-state index in [0.717, 1.165) is 5.56 Å². The van der Waals surface area contributed by atoms with Crippen molar-refractivity contribution in [2.45, 2.75) is 12.6 Å². The van der Waals surface area contributed by atoms with Gasteiger partial charge >= 0.3 is 6.01 Å². The maximum absolute atomic E-state index is 12.6. The second kappa shape index (κ2) is 8.53. The molecule has 0 radical (unpaired) electrons. The van der Waals surface area contributed by atoms with Gasteiger partial charge in [-0.25, -0.2) is 9.97 Å². The summed E-state index contributed by atoms with van der Waals surface area (Å²) in [4.78, 5) is 23.6. The molecule has 0 saturated carbocycles. The second-order valence-corrected chi connectivity index (χ2v) is 6.18. The smallest absolute Gasteiger partial charge is 0.316 e. The third kappa shape index (κ3) is 4.46. The minimum atomic E-state index is -0.245. The van der Waals surface area contributed by atoms with Crippen LogP contribution < -0.4 is 4.74 Å². The molecule has 10 nitrogen and oxygen atoms in total. The Kier molecular flexibility index (Phi) is 5.48. The summed E-state index contributed by atoms with van der Waals surface area (Å²) < 4.78 is 11.2. The molecule has 1 amide bonds.